The monoisotopic (exact) mass is 254 g/mol. The zero-order chi connectivity index (χ0) is 13.1. The van der Waals surface area contributed by atoms with E-state index in [9.17, 15) is 0 Å². The fourth-order valence-electron chi connectivity index (χ4n) is 2.03. The summed E-state index contributed by atoms with van der Waals surface area (Å²) in [4.78, 5) is 8.31. The topological polar surface area (TPSA) is 50.6 Å². The summed E-state index contributed by atoms with van der Waals surface area (Å²) in [5, 5.41) is 6.47. The second-order valence-electron chi connectivity index (χ2n) is 4.21. The van der Waals surface area contributed by atoms with Crippen molar-refractivity contribution in [1.82, 2.24) is 9.97 Å². The number of ether oxygens (including phenoxy) is 1. The van der Waals surface area contributed by atoms with Gasteiger partial charge in [-0.3, -0.25) is 4.98 Å². The maximum Gasteiger partial charge on any atom is 0.167 e. The third kappa shape index (κ3) is 2.40. The van der Waals surface area contributed by atoms with Crippen molar-refractivity contribution in [1.29, 1.82) is 0 Å². The van der Waals surface area contributed by atoms with Gasteiger partial charge in [0.05, 0.1) is 19.0 Å². The van der Waals surface area contributed by atoms with Gasteiger partial charge >= 0.3 is 0 Å². The third-order valence-electron chi connectivity index (χ3n) is 3.04. The van der Waals surface area contributed by atoms with Gasteiger partial charge in [-0.1, -0.05) is 0 Å². The zero-order valence-corrected chi connectivity index (χ0v) is 10.7. The minimum Gasteiger partial charge on any atom is -0.497 e. The molecule has 2 heterocycles. The quantitative estimate of drug-likeness (QED) is 0.841. The van der Waals surface area contributed by atoms with Crippen LogP contribution in [0.5, 0.6) is 5.75 Å². The molecule has 0 atom stereocenters. The Hall–Kier alpha value is -2.43. The first kappa shape index (κ1) is 11.6. The maximum absolute atomic E-state index is 5.15. The summed E-state index contributed by atoms with van der Waals surface area (Å²) in [6.45, 7) is 0.833. The predicted octanol–water partition coefficient (Wildman–Crippen LogP) is 2.10. The van der Waals surface area contributed by atoms with E-state index in [2.05, 4.69) is 15.1 Å². The molecule has 0 saturated heterocycles. The molecular formula is C14H14N4O. The Morgan fingerprint density at radius 3 is 2.68 bits per heavy atom. The molecule has 0 amide bonds. The van der Waals surface area contributed by atoms with Crippen molar-refractivity contribution in [3.8, 4) is 5.75 Å². The lowest BCUT2D eigenvalue weighted by atomic mass is 10.1. The van der Waals surface area contributed by atoms with E-state index >= 15 is 0 Å². The van der Waals surface area contributed by atoms with Crippen molar-refractivity contribution >= 4 is 11.5 Å². The molecule has 19 heavy (non-hydrogen) atoms. The van der Waals surface area contributed by atoms with Crippen LogP contribution < -0.4 is 9.75 Å². The lowest BCUT2D eigenvalue weighted by Crippen LogP contribution is -2.13. The van der Waals surface area contributed by atoms with Crippen LogP contribution in [-0.4, -0.2) is 29.3 Å². The molecule has 0 radical (unpaired) electrons. The highest BCUT2D eigenvalue weighted by Crippen LogP contribution is 2.20. The van der Waals surface area contributed by atoms with E-state index in [-0.39, 0.29) is 0 Å². The smallest absolute Gasteiger partial charge is 0.167 e. The van der Waals surface area contributed by atoms with Gasteiger partial charge in [0.1, 0.15) is 5.75 Å². The second kappa shape index (κ2) is 5.06. The third-order valence-corrected chi connectivity index (χ3v) is 3.04. The zero-order valence-electron chi connectivity index (χ0n) is 10.7. The van der Waals surface area contributed by atoms with E-state index in [0.29, 0.717) is 0 Å². The summed E-state index contributed by atoms with van der Waals surface area (Å²) in [7, 11) is 1.66. The van der Waals surface area contributed by atoms with Gasteiger partial charge < -0.3 is 4.74 Å². The van der Waals surface area contributed by atoms with Crippen molar-refractivity contribution in [3.63, 3.8) is 0 Å². The van der Waals surface area contributed by atoms with Gasteiger partial charge in [0, 0.05) is 25.4 Å². The Morgan fingerprint density at radius 2 is 2.00 bits per heavy atom. The van der Waals surface area contributed by atoms with Crippen LogP contribution >= 0.6 is 0 Å². The SMILES string of the molecule is COc1ccc(C2=NN(c3cnccn3)CC2)cc1. The largest absolute Gasteiger partial charge is 0.497 e. The van der Waals surface area contributed by atoms with E-state index in [1.54, 1.807) is 25.7 Å². The van der Waals surface area contributed by atoms with Gasteiger partial charge in [-0.2, -0.15) is 5.10 Å². The number of rotatable bonds is 3. The highest BCUT2D eigenvalue weighted by molar-refractivity contribution is 6.02. The van der Waals surface area contributed by atoms with Crippen LogP contribution in [0.25, 0.3) is 0 Å². The number of hydrogen-bond acceptors (Lipinski definition) is 5. The standard InChI is InChI=1S/C14H14N4O/c1-19-12-4-2-11(3-5-12)13-6-9-18(17-13)14-10-15-7-8-16-14/h2-5,7-8,10H,6,9H2,1H3. The molecule has 3 rings (SSSR count). The fraction of sp³-hybridized carbons (Fsp3) is 0.214. The lowest BCUT2D eigenvalue weighted by Gasteiger charge is -2.10. The highest BCUT2D eigenvalue weighted by Gasteiger charge is 2.18. The molecule has 0 N–H and O–H groups in total. The number of aromatic nitrogens is 2. The molecule has 1 aliphatic rings. The van der Waals surface area contributed by atoms with Crippen LogP contribution in [0.4, 0.5) is 5.82 Å². The Balaban J connectivity index is 1.82. The molecule has 1 aliphatic heterocycles. The van der Waals surface area contributed by atoms with Gasteiger partial charge in [0.15, 0.2) is 5.82 Å². The maximum atomic E-state index is 5.15. The number of hydrogen-bond donors (Lipinski definition) is 0. The Morgan fingerprint density at radius 1 is 1.16 bits per heavy atom. The van der Waals surface area contributed by atoms with Crippen LogP contribution in [0.1, 0.15) is 12.0 Å². The highest BCUT2D eigenvalue weighted by atomic mass is 16.5. The number of anilines is 1. The molecule has 0 unspecified atom stereocenters. The Kier molecular flexibility index (Phi) is 3.10. The lowest BCUT2D eigenvalue weighted by molar-refractivity contribution is 0.415. The van der Waals surface area contributed by atoms with Crippen molar-refractivity contribution in [2.45, 2.75) is 6.42 Å². The molecule has 1 aromatic heterocycles. The molecule has 0 saturated carbocycles. The summed E-state index contributed by atoms with van der Waals surface area (Å²) in [5.74, 6) is 1.64. The fourth-order valence-corrected chi connectivity index (χ4v) is 2.03. The summed E-state index contributed by atoms with van der Waals surface area (Å²) < 4.78 is 5.15. The van der Waals surface area contributed by atoms with Crippen LogP contribution in [0, 0.1) is 0 Å². The van der Waals surface area contributed by atoms with Gasteiger partial charge in [-0.05, 0) is 29.8 Å². The van der Waals surface area contributed by atoms with Gasteiger partial charge in [0.2, 0.25) is 0 Å². The van der Waals surface area contributed by atoms with Gasteiger partial charge in [-0.15, -0.1) is 0 Å². The molecule has 2 aromatic rings. The minimum absolute atomic E-state index is 0.783. The molecule has 0 fully saturated rings. The van der Waals surface area contributed by atoms with E-state index in [0.717, 1.165) is 35.8 Å². The molecule has 96 valence electrons. The molecule has 0 spiro atoms. The minimum atomic E-state index is 0.783. The second-order valence-corrected chi connectivity index (χ2v) is 4.21. The average Bonchev–Trinajstić information content (AvgIpc) is 2.98. The summed E-state index contributed by atoms with van der Waals surface area (Å²) in [5.41, 5.74) is 2.18. The summed E-state index contributed by atoms with van der Waals surface area (Å²) in [6, 6.07) is 7.95. The summed E-state index contributed by atoms with van der Waals surface area (Å²) >= 11 is 0. The first-order valence-electron chi connectivity index (χ1n) is 6.12. The van der Waals surface area contributed by atoms with Crippen molar-refractivity contribution in [3.05, 3.63) is 48.4 Å². The molecule has 5 nitrogen and oxygen atoms in total. The van der Waals surface area contributed by atoms with Crippen LogP contribution in [0.2, 0.25) is 0 Å². The molecule has 1 aromatic carbocycles. The number of methoxy groups -OCH3 is 1. The average molecular weight is 254 g/mol. The molecular weight excluding hydrogens is 240 g/mol. The van der Waals surface area contributed by atoms with Crippen molar-refractivity contribution < 1.29 is 4.74 Å². The Bertz CT molecular complexity index is 580. The molecule has 0 aliphatic carbocycles. The van der Waals surface area contributed by atoms with Crippen molar-refractivity contribution in [2.24, 2.45) is 5.10 Å². The van der Waals surface area contributed by atoms with E-state index < -0.39 is 0 Å². The van der Waals surface area contributed by atoms with E-state index in [1.165, 1.54) is 0 Å². The first-order chi connectivity index (χ1) is 9.36. The van der Waals surface area contributed by atoms with E-state index in [1.807, 2.05) is 29.3 Å². The number of nitrogens with zero attached hydrogens (tertiary/aromatic N) is 4. The van der Waals surface area contributed by atoms with E-state index in [4.69, 9.17) is 4.74 Å². The van der Waals surface area contributed by atoms with Crippen molar-refractivity contribution in [2.75, 3.05) is 18.7 Å². The predicted molar refractivity (Wildman–Crippen MR) is 73.5 cm³/mol. The van der Waals surface area contributed by atoms with Crippen LogP contribution in [0.15, 0.2) is 48.0 Å². The van der Waals surface area contributed by atoms with Crippen LogP contribution in [0.3, 0.4) is 0 Å². The molecule has 5 heteroatoms. The normalized spacial score (nSPS) is 14.4. The number of benzene rings is 1. The van der Waals surface area contributed by atoms with Gasteiger partial charge in [0.25, 0.3) is 0 Å². The molecule has 0 bridgehead atoms. The first-order valence-corrected chi connectivity index (χ1v) is 6.12. The van der Waals surface area contributed by atoms with Crippen LogP contribution in [-0.2, 0) is 0 Å². The summed E-state index contributed by atoms with van der Waals surface area (Å²) in [6.07, 6.45) is 5.97. The Labute approximate surface area is 111 Å². The number of hydrazone groups is 1. The van der Waals surface area contributed by atoms with Gasteiger partial charge in [-0.25, -0.2) is 9.99 Å².